The van der Waals surface area contributed by atoms with Crippen LogP contribution in [-0.4, -0.2) is 30.8 Å². The fourth-order valence-corrected chi connectivity index (χ4v) is 2.56. The first-order valence-corrected chi connectivity index (χ1v) is 8.46. The van der Waals surface area contributed by atoms with E-state index in [0.717, 1.165) is 6.42 Å². The smallest absolute Gasteiger partial charge is 0.309 e. The average Bonchev–Trinajstić information content (AvgIpc) is 2.50. The molecule has 1 heterocycles. The van der Waals surface area contributed by atoms with Crippen LogP contribution >= 0.6 is 11.6 Å². The number of halogens is 1. The number of hydrogen-bond donors (Lipinski definition) is 0. The molecule has 0 fully saturated rings. The van der Waals surface area contributed by atoms with Gasteiger partial charge in [-0.25, -0.2) is 0 Å². The lowest BCUT2D eigenvalue weighted by molar-refractivity contribution is -0.223. The van der Waals surface area contributed by atoms with Gasteiger partial charge in [0.1, 0.15) is 11.3 Å². The molecule has 0 amide bonds. The Morgan fingerprint density at radius 3 is 2.42 bits per heavy atom. The molecule has 0 spiro atoms. The van der Waals surface area contributed by atoms with E-state index < -0.39 is 11.4 Å². The van der Waals surface area contributed by atoms with E-state index in [1.54, 1.807) is 32.5 Å². The molecule has 1 aromatic rings. The van der Waals surface area contributed by atoms with E-state index in [1.807, 2.05) is 27.7 Å². The highest BCUT2D eigenvalue weighted by molar-refractivity contribution is 6.30. The topological polar surface area (TPSA) is 57.7 Å². The quantitative estimate of drug-likeness (QED) is 0.512. The van der Waals surface area contributed by atoms with Gasteiger partial charge in [-0.3, -0.25) is 9.78 Å². The predicted octanol–water partition coefficient (Wildman–Crippen LogP) is 4.33. The number of aromatic nitrogens is 1. The lowest BCUT2D eigenvalue weighted by Crippen LogP contribution is -2.32. The summed E-state index contributed by atoms with van der Waals surface area (Å²) in [5.41, 5.74) is 0.142. The number of pyridine rings is 1. The molecule has 0 N–H and O–H groups in total. The van der Waals surface area contributed by atoms with E-state index in [-0.39, 0.29) is 11.9 Å². The molecule has 0 saturated heterocycles. The third-order valence-electron chi connectivity index (χ3n) is 3.72. The van der Waals surface area contributed by atoms with Crippen LogP contribution in [0.1, 0.15) is 52.7 Å². The zero-order valence-electron chi connectivity index (χ0n) is 15.4. The van der Waals surface area contributed by atoms with Crippen molar-refractivity contribution in [2.24, 2.45) is 5.92 Å². The van der Waals surface area contributed by atoms with Gasteiger partial charge >= 0.3 is 5.97 Å². The number of esters is 1. The van der Waals surface area contributed by atoms with Crippen molar-refractivity contribution in [2.45, 2.75) is 58.3 Å². The molecule has 0 saturated carbocycles. The number of carbonyl (C=O) groups excluding carboxylic acids is 1. The van der Waals surface area contributed by atoms with Crippen molar-refractivity contribution in [3.63, 3.8) is 0 Å². The van der Waals surface area contributed by atoms with Gasteiger partial charge in [0.2, 0.25) is 5.79 Å². The fourth-order valence-electron chi connectivity index (χ4n) is 2.40. The summed E-state index contributed by atoms with van der Waals surface area (Å²) in [6.45, 7) is 7.46. The highest BCUT2D eigenvalue weighted by atomic mass is 35.5. The number of carbonyl (C=O) groups is 1. The predicted molar refractivity (Wildman–Crippen MR) is 93.8 cm³/mol. The van der Waals surface area contributed by atoms with Gasteiger partial charge in [0.05, 0.1) is 5.92 Å². The van der Waals surface area contributed by atoms with Crippen LogP contribution in [0.2, 0.25) is 5.02 Å². The molecule has 0 aliphatic heterocycles. The third kappa shape index (κ3) is 6.04. The molecule has 0 aliphatic carbocycles. The second-order valence-electron chi connectivity index (χ2n) is 6.85. The van der Waals surface area contributed by atoms with Crippen LogP contribution in [0.5, 0.6) is 0 Å². The first-order valence-electron chi connectivity index (χ1n) is 8.09. The summed E-state index contributed by atoms with van der Waals surface area (Å²) in [6.07, 6.45) is 3.56. The number of nitrogens with zero attached hydrogens (tertiary/aromatic N) is 1. The van der Waals surface area contributed by atoms with Gasteiger partial charge in [0, 0.05) is 31.9 Å². The summed E-state index contributed by atoms with van der Waals surface area (Å²) in [4.78, 5) is 16.4. The highest BCUT2D eigenvalue weighted by Crippen LogP contribution is 2.32. The maximum atomic E-state index is 12.1. The molecule has 6 heteroatoms. The number of hydrogen-bond acceptors (Lipinski definition) is 5. The summed E-state index contributed by atoms with van der Waals surface area (Å²) < 4.78 is 16.6. The largest absolute Gasteiger partial charge is 0.460 e. The summed E-state index contributed by atoms with van der Waals surface area (Å²) in [5.74, 6) is -1.36. The lowest BCUT2D eigenvalue weighted by Gasteiger charge is -2.30. The number of rotatable bonds is 8. The van der Waals surface area contributed by atoms with E-state index in [0.29, 0.717) is 23.6 Å². The minimum Gasteiger partial charge on any atom is -0.460 e. The van der Waals surface area contributed by atoms with Gasteiger partial charge in [0.25, 0.3) is 0 Å². The van der Waals surface area contributed by atoms with Crippen LogP contribution in [-0.2, 0) is 24.8 Å². The van der Waals surface area contributed by atoms with Gasteiger partial charge in [-0.2, -0.15) is 0 Å². The van der Waals surface area contributed by atoms with Gasteiger partial charge in [0.15, 0.2) is 0 Å². The van der Waals surface area contributed by atoms with E-state index >= 15 is 0 Å². The van der Waals surface area contributed by atoms with Gasteiger partial charge in [-0.1, -0.05) is 18.5 Å². The zero-order chi connectivity index (χ0) is 18.4. The molecular formula is C18H28ClNO4. The molecule has 1 unspecified atom stereocenters. The maximum Gasteiger partial charge on any atom is 0.309 e. The van der Waals surface area contributed by atoms with Crippen LogP contribution in [0.3, 0.4) is 0 Å². The molecule has 0 aromatic carbocycles. The number of ether oxygens (including phenoxy) is 3. The summed E-state index contributed by atoms with van der Waals surface area (Å²) in [7, 11) is 3.15. The molecule has 5 nitrogen and oxygen atoms in total. The molecule has 0 aliphatic rings. The Labute approximate surface area is 149 Å². The normalized spacial score (nSPS) is 13.6. The minimum absolute atomic E-state index is 0.191. The van der Waals surface area contributed by atoms with Gasteiger partial charge in [-0.15, -0.1) is 0 Å². The summed E-state index contributed by atoms with van der Waals surface area (Å²) >= 11 is 6.04. The van der Waals surface area contributed by atoms with Crippen LogP contribution < -0.4 is 0 Å². The molecule has 24 heavy (non-hydrogen) atoms. The molecule has 0 bridgehead atoms. The van der Waals surface area contributed by atoms with E-state index in [1.165, 1.54) is 0 Å². The summed E-state index contributed by atoms with van der Waals surface area (Å²) in [6, 6.07) is 3.43. The van der Waals surface area contributed by atoms with Gasteiger partial charge in [-0.05, 0) is 45.7 Å². The van der Waals surface area contributed by atoms with Crippen molar-refractivity contribution in [3.8, 4) is 0 Å². The Hall–Kier alpha value is -1.17. The standard InChI is InChI=1S/C18H28ClNO4/c1-13(16(21)24-17(2,3)4)8-7-10-18(22-5,23-6)15-12-14(19)9-11-20-15/h9,11-13H,7-8,10H2,1-6H3. The average molecular weight is 358 g/mol. The van der Waals surface area contributed by atoms with Crippen molar-refractivity contribution in [1.82, 2.24) is 4.98 Å². The van der Waals surface area contributed by atoms with E-state index in [9.17, 15) is 4.79 Å². The Morgan fingerprint density at radius 1 is 1.29 bits per heavy atom. The van der Waals surface area contributed by atoms with Crippen molar-refractivity contribution in [1.29, 1.82) is 0 Å². The molecule has 1 atom stereocenters. The highest BCUT2D eigenvalue weighted by Gasteiger charge is 2.34. The lowest BCUT2D eigenvalue weighted by atomic mass is 9.98. The maximum absolute atomic E-state index is 12.1. The Balaban J connectivity index is 2.69. The molecule has 1 rings (SSSR count). The zero-order valence-corrected chi connectivity index (χ0v) is 16.1. The van der Waals surface area contributed by atoms with Crippen LogP contribution in [0.25, 0.3) is 0 Å². The second-order valence-corrected chi connectivity index (χ2v) is 7.28. The first kappa shape index (κ1) is 20.9. The van der Waals surface area contributed by atoms with E-state index in [2.05, 4.69) is 4.98 Å². The Kier molecular flexibility index (Phi) is 7.64. The second kappa shape index (κ2) is 8.79. The molecule has 0 radical (unpaired) electrons. The number of methoxy groups -OCH3 is 2. The summed E-state index contributed by atoms with van der Waals surface area (Å²) in [5, 5.41) is 0.570. The monoisotopic (exact) mass is 357 g/mol. The third-order valence-corrected chi connectivity index (χ3v) is 3.96. The molecule has 1 aromatic heterocycles. The molecule has 136 valence electrons. The van der Waals surface area contributed by atoms with Crippen LogP contribution in [0.4, 0.5) is 0 Å². The Morgan fingerprint density at radius 2 is 1.92 bits per heavy atom. The van der Waals surface area contributed by atoms with Crippen molar-refractivity contribution < 1.29 is 19.0 Å². The van der Waals surface area contributed by atoms with Crippen LogP contribution in [0, 0.1) is 5.92 Å². The Bertz CT molecular complexity index is 538. The van der Waals surface area contributed by atoms with Crippen molar-refractivity contribution in [3.05, 3.63) is 29.0 Å². The minimum atomic E-state index is -0.974. The van der Waals surface area contributed by atoms with Crippen molar-refractivity contribution in [2.75, 3.05) is 14.2 Å². The fraction of sp³-hybridized carbons (Fsp3) is 0.667. The SMILES string of the molecule is COC(CCCC(C)C(=O)OC(C)(C)C)(OC)c1cc(Cl)ccn1. The van der Waals surface area contributed by atoms with E-state index in [4.69, 9.17) is 25.8 Å². The van der Waals surface area contributed by atoms with Crippen molar-refractivity contribution >= 4 is 17.6 Å². The van der Waals surface area contributed by atoms with Crippen LogP contribution in [0.15, 0.2) is 18.3 Å². The van der Waals surface area contributed by atoms with Gasteiger partial charge < -0.3 is 14.2 Å². The molecular weight excluding hydrogens is 330 g/mol. The first-order chi connectivity index (χ1) is 11.1.